The van der Waals surface area contributed by atoms with Gasteiger partial charge in [0.05, 0.1) is 41.7 Å². The number of hydrogen-bond donors (Lipinski definition) is 0. The van der Waals surface area contributed by atoms with Crippen LogP contribution in [0, 0.1) is 0 Å². The Labute approximate surface area is 186 Å². The Morgan fingerprint density at radius 2 is 2.03 bits per heavy atom. The maximum Gasteiger partial charge on any atom is 0.276 e. The van der Waals surface area contributed by atoms with Crippen molar-refractivity contribution in [3.8, 4) is 0 Å². The van der Waals surface area contributed by atoms with Crippen LogP contribution in [0.3, 0.4) is 0 Å². The molecule has 5 rings (SSSR count). The third-order valence-corrected chi connectivity index (χ3v) is 5.62. The van der Waals surface area contributed by atoms with Crippen LogP contribution in [-0.4, -0.2) is 44.5 Å². The lowest BCUT2D eigenvalue weighted by Crippen LogP contribution is -2.48. The number of nitrogens with zero attached hydrogens (tertiary/aromatic N) is 5. The molecule has 31 heavy (non-hydrogen) atoms. The molecule has 8 heteroatoms. The Hall–Kier alpha value is -2.90. The van der Waals surface area contributed by atoms with Crippen LogP contribution in [0.4, 0.5) is 5.69 Å². The minimum absolute atomic E-state index is 0. The molecule has 1 aliphatic rings. The first-order chi connectivity index (χ1) is 14.5. The van der Waals surface area contributed by atoms with Gasteiger partial charge in [0.2, 0.25) is 0 Å². The lowest BCUT2D eigenvalue weighted by Gasteiger charge is -2.39. The van der Waals surface area contributed by atoms with Gasteiger partial charge in [0.1, 0.15) is 5.65 Å². The molecule has 7 nitrogen and oxygen atoms in total. The Morgan fingerprint density at radius 3 is 2.84 bits per heavy atom. The Bertz CT molecular complexity index is 1250. The molecular formula is C23H26ClN5O2. The third kappa shape index (κ3) is 4.16. The number of aromatic nitrogens is 4. The smallest absolute Gasteiger partial charge is 0.276 e. The van der Waals surface area contributed by atoms with Crippen molar-refractivity contribution in [2.24, 2.45) is 0 Å². The number of imidazole rings is 1. The maximum absolute atomic E-state index is 13.4. The zero-order chi connectivity index (χ0) is 20.7. The highest BCUT2D eigenvalue weighted by Crippen LogP contribution is 2.28. The summed E-state index contributed by atoms with van der Waals surface area (Å²) < 4.78 is 9.40. The van der Waals surface area contributed by atoms with Crippen LogP contribution in [0.15, 0.2) is 59.8 Å². The van der Waals surface area contributed by atoms with E-state index in [1.165, 1.54) is 0 Å². The molecule has 0 atom stereocenters. The summed E-state index contributed by atoms with van der Waals surface area (Å²) >= 11 is 0. The number of benzene rings is 1. The Morgan fingerprint density at radius 1 is 1.16 bits per heavy atom. The average Bonchev–Trinajstić information content (AvgIpc) is 3.15. The molecular weight excluding hydrogens is 414 g/mol. The topological polar surface area (TPSA) is 64.7 Å². The predicted octanol–water partition coefficient (Wildman–Crippen LogP) is 3.32. The van der Waals surface area contributed by atoms with Gasteiger partial charge in [0.25, 0.3) is 5.56 Å². The predicted molar refractivity (Wildman–Crippen MR) is 124 cm³/mol. The van der Waals surface area contributed by atoms with Crippen LogP contribution < -0.4 is 10.5 Å². The van der Waals surface area contributed by atoms with Gasteiger partial charge in [-0.3, -0.25) is 4.79 Å². The van der Waals surface area contributed by atoms with E-state index >= 15 is 0 Å². The minimum atomic E-state index is -0.240. The molecule has 0 amide bonds. The van der Waals surface area contributed by atoms with Gasteiger partial charge in [-0.1, -0.05) is 18.2 Å². The van der Waals surface area contributed by atoms with E-state index in [4.69, 9.17) is 4.74 Å². The van der Waals surface area contributed by atoms with Crippen molar-refractivity contribution in [1.82, 2.24) is 19.2 Å². The quantitative estimate of drug-likeness (QED) is 0.488. The number of rotatable bonds is 4. The van der Waals surface area contributed by atoms with Crippen LogP contribution in [0.5, 0.6) is 0 Å². The van der Waals surface area contributed by atoms with Gasteiger partial charge in [0, 0.05) is 37.3 Å². The largest absolute Gasteiger partial charge is 0.372 e. The summed E-state index contributed by atoms with van der Waals surface area (Å²) in [6, 6.07) is 11.9. The maximum atomic E-state index is 13.4. The SMILES string of the molecule is CC1(C)CN(c2cccc3cnn(CCc4cn5ccccc5n4)c(=O)c23)CCO1.Cl. The molecule has 0 N–H and O–H groups in total. The fourth-order valence-electron chi connectivity index (χ4n) is 4.18. The molecule has 1 aliphatic heterocycles. The summed E-state index contributed by atoms with van der Waals surface area (Å²) in [5.41, 5.74) is 2.51. The molecule has 0 unspecified atom stereocenters. The van der Waals surface area contributed by atoms with E-state index in [2.05, 4.69) is 28.8 Å². The Kier molecular flexibility index (Phi) is 5.73. The monoisotopic (exact) mass is 439 g/mol. The molecule has 1 saturated heterocycles. The van der Waals surface area contributed by atoms with Gasteiger partial charge in [0.15, 0.2) is 0 Å². The number of halogens is 1. The van der Waals surface area contributed by atoms with Gasteiger partial charge >= 0.3 is 0 Å². The van der Waals surface area contributed by atoms with Gasteiger partial charge < -0.3 is 14.0 Å². The Balaban J connectivity index is 0.00000231. The number of fused-ring (bicyclic) bond motifs is 2. The number of pyridine rings is 1. The van der Waals surface area contributed by atoms with Crippen LogP contribution in [0.2, 0.25) is 0 Å². The van der Waals surface area contributed by atoms with Crippen LogP contribution in [-0.2, 0) is 17.7 Å². The molecule has 1 aromatic carbocycles. The van der Waals surface area contributed by atoms with Gasteiger partial charge in [-0.05, 0) is 32.0 Å². The molecule has 4 aromatic rings. The lowest BCUT2D eigenvalue weighted by atomic mass is 10.0. The highest BCUT2D eigenvalue weighted by Gasteiger charge is 2.28. The van der Waals surface area contributed by atoms with E-state index in [0.717, 1.165) is 40.9 Å². The van der Waals surface area contributed by atoms with E-state index in [1.807, 2.05) is 53.2 Å². The highest BCUT2D eigenvalue weighted by atomic mass is 35.5. The second kappa shape index (κ2) is 8.32. The second-order valence-electron chi connectivity index (χ2n) is 8.39. The van der Waals surface area contributed by atoms with E-state index in [0.29, 0.717) is 19.6 Å². The van der Waals surface area contributed by atoms with Crippen molar-refractivity contribution in [2.45, 2.75) is 32.4 Å². The van der Waals surface area contributed by atoms with Crippen molar-refractivity contribution in [3.05, 3.63) is 71.0 Å². The molecule has 4 heterocycles. The van der Waals surface area contributed by atoms with Gasteiger partial charge in [-0.25, -0.2) is 9.67 Å². The van der Waals surface area contributed by atoms with Crippen molar-refractivity contribution in [3.63, 3.8) is 0 Å². The number of aryl methyl sites for hydroxylation is 2. The first kappa shape index (κ1) is 21.3. The number of morpholine rings is 1. The van der Waals surface area contributed by atoms with Crippen molar-refractivity contribution < 1.29 is 4.74 Å². The average molecular weight is 440 g/mol. The summed E-state index contributed by atoms with van der Waals surface area (Å²) in [5, 5.41) is 6.01. The minimum Gasteiger partial charge on any atom is -0.372 e. The number of anilines is 1. The van der Waals surface area contributed by atoms with E-state index in [1.54, 1.807) is 10.9 Å². The number of hydrogen-bond acceptors (Lipinski definition) is 5. The van der Waals surface area contributed by atoms with E-state index in [9.17, 15) is 4.79 Å². The second-order valence-corrected chi connectivity index (χ2v) is 8.39. The third-order valence-electron chi connectivity index (χ3n) is 5.62. The molecule has 0 radical (unpaired) electrons. The van der Waals surface area contributed by atoms with Crippen molar-refractivity contribution in [2.75, 3.05) is 24.6 Å². The first-order valence-electron chi connectivity index (χ1n) is 10.3. The molecule has 3 aromatic heterocycles. The van der Waals surface area contributed by atoms with Gasteiger partial charge in [-0.15, -0.1) is 12.4 Å². The molecule has 0 saturated carbocycles. The van der Waals surface area contributed by atoms with Crippen LogP contribution >= 0.6 is 12.4 Å². The standard InChI is InChI=1S/C23H25N5O2.ClH/c1-23(2)16-27(12-13-30-23)19-7-5-6-17-14-24-28(22(29)21(17)19)11-9-18-15-26-10-4-3-8-20(26)25-18;/h3-8,10,14-15H,9,11-13,16H2,1-2H3;1H. The molecule has 162 valence electrons. The number of ether oxygens (including phenoxy) is 1. The summed E-state index contributed by atoms with van der Waals surface area (Å²) in [4.78, 5) is 20.2. The molecule has 0 spiro atoms. The van der Waals surface area contributed by atoms with E-state index < -0.39 is 0 Å². The van der Waals surface area contributed by atoms with Crippen LogP contribution in [0.25, 0.3) is 16.4 Å². The molecule has 0 aliphatic carbocycles. The first-order valence-corrected chi connectivity index (χ1v) is 10.3. The van der Waals surface area contributed by atoms with Crippen molar-refractivity contribution in [1.29, 1.82) is 0 Å². The highest BCUT2D eigenvalue weighted by molar-refractivity contribution is 5.93. The van der Waals surface area contributed by atoms with Crippen molar-refractivity contribution >= 4 is 34.5 Å². The summed E-state index contributed by atoms with van der Waals surface area (Å²) in [7, 11) is 0. The summed E-state index contributed by atoms with van der Waals surface area (Å²) in [6.07, 6.45) is 6.41. The fraction of sp³-hybridized carbons (Fsp3) is 0.348. The van der Waals surface area contributed by atoms with Crippen LogP contribution in [0.1, 0.15) is 19.5 Å². The zero-order valence-electron chi connectivity index (χ0n) is 17.7. The summed E-state index contributed by atoms with van der Waals surface area (Å²) in [5.74, 6) is 0. The van der Waals surface area contributed by atoms with E-state index in [-0.39, 0.29) is 23.6 Å². The fourth-order valence-corrected chi connectivity index (χ4v) is 4.18. The van der Waals surface area contributed by atoms with Gasteiger partial charge in [-0.2, -0.15) is 5.10 Å². The molecule has 1 fully saturated rings. The molecule has 0 bridgehead atoms. The zero-order valence-corrected chi connectivity index (χ0v) is 18.5. The lowest BCUT2D eigenvalue weighted by molar-refractivity contribution is -0.0276. The normalized spacial score (nSPS) is 15.9. The summed E-state index contributed by atoms with van der Waals surface area (Å²) in [6.45, 7) is 6.82.